The zero-order valence-corrected chi connectivity index (χ0v) is 7.53. The third-order valence-electron chi connectivity index (χ3n) is 1.10. The highest BCUT2D eigenvalue weighted by Gasteiger charge is 2.12. The van der Waals surface area contributed by atoms with Crippen LogP contribution in [0.4, 0.5) is 0 Å². The van der Waals surface area contributed by atoms with Crippen molar-refractivity contribution in [3.05, 3.63) is 0 Å². The summed E-state index contributed by atoms with van der Waals surface area (Å²) < 4.78 is 3.05. The van der Waals surface area contributed by atoms with E-state index in [2.05, 4.69) is 40.2 Å². The number of hydrogen-bond donors (Lipinski definition) is 2. The van der Waals surface area contributed by atoms with E-state index in [0.717, 1.165) is 13.1 Å². The number of halogens is 1. The summed E-state index contributed by atoms with van der Waals surface area (Å²) in [4.78, 5) is 0. The van der Waals surface area contributed by atoms with Crippen LogP contribution in [0.15, 0.2) is 0 Å². The Kier molecular flexibility index (Phi) is 3.93. The average Bonchev–Trinajstić information content (AvgIpc) is 1.67. The third kappa shape index (κ3) is 3.63. The second kappa shape index (κ2) is 3.63. The highest BCUT2D eigenvalue weighted by atomic mass is 127. The number of hydrogen-bond acceptors (Lipinski definition) is 2. The third-order valence-corrected chi connectivity index (χ3v) is 1.48. The van der Waals surface area contributed by atoms with Crippen LogP contribution in [-0.2, 0) is 0 Å². The highest BCUT2D eigenvalue weighted by molar-refractivity contribution is 14.1. The summed E-state index contributed by atoms with van der Waals surface area (Å²) in [6, 6.07) is 0. The molecule has 0 unspecified atom stereocenters. The lowest BCUT2D eigenvalue weighted by atomic mass is 9.95. The summed E-state index contributed by atoms with van der Waals surface area (Å²) in [6.07, 6.45) is 0. The van der Waals surface area contributed by atoms with E-state index >= 15 is 0 Å². The van der Waals surface area contributed by atoms with Gasteiger partial charge in [-0.3, -0.25) is 3.53 Å². The topological polar surface area (TPSA) is 38.0 Å². The van der Waals surface area contributed by atoms with Gasteiger partial charge in [0.15, 0.2) is 0 Å². The largest absolute Gasteiger partial charge is 0.330 e. The molecule has 0 saturated carbocycles. The molecule has 0 radical (unpaired) electrons. The molecular formula is C5H13IN2. The van der Waals surface area contributed by atoms with Crippen molar-refractivity contribution in [3.63, 3.8) is 0 Å². The van der Waals surface area contributed by atoms with Crippen LogP contribution in [0.5, 0.6) is 0 Å². The van der Waals surface area contributed by atoms with E-state index in [4.69, 9.17) is 5.73 Å². The Bertz CT molecular complexity index is 63.4. The maximum Gasteiger partial charge on any atom is 0.0169 e. The van der Waals surface area contributed by atoms with Crippen LogP contribution in [0.2, 0.25) is 0 Å². The van der Waals surface area contributed by atoms with Gasteiger partial charge in [-0.15, -0.1) is 0 Å². The quantitative estimate of drug-likeness (QED) is 0.556. The van der Waals surface area contributed by atoms with Crippen molar-refractivity contribution in [3.8, 4) is 0 Å². The molecule has 0 aliphatic carbocycles. The molecule has 0 aromatic carbocycles. The highest BCUT2D eigenvalue weighted by Crippen LogP contribution is 2.10. The second-order valence-corrected chi connectivity index (χ2v) is 3.44. The Morgan fingerprint density at radius 1 is 1.62 bits per heavy atom. The fourth-order valence-electron chi connectivity index (χ4n) is 0.253. The zero-order valence-electron chi connectivity index (χ0n) is 5.37. The van der Waals surface area contributed by atoms with Gasteiger partial charge in [0.1, 0.15) is 0 Å². The monoisotopic (exact) mass is 228 g/mol. The first-order valence-electron chi connectivity index (χ1n) is 2.66. The van der Waals surface area contributed by atoms with Crippen LogP contribution >= 0.6 is 22.9 Å². The molecule has 3 N–H and O–H groups in total. The van der Waals surface area contributed by atoms with Crippen molar-refractivity contribution < 1.29 is 0 Å². The van der Waals surface area contributed by atoms with E-state index in [1.54, 1.807) is 0 Å². The average molecular weight is 228 g/mol. The smallest absolute Gasteiger partial charge is 0.0169 e. The normalized spacial score (nSPS) is 12.0. The van der Waals surface area contributed by atoms with Gasteiger partial charge in [-0.05, 0) is 12.0 Å². The minimum Gasteiger partial charge on any atom is -0.330 e. The molecule has 50 valence electrons. The van der Waals surface area contributed by atoms with E-state index < -0.39 is 0 Å². The molecule has 0 rings (SSSR count). The Morgan fingerprint density at radius 2 is 2.12 bits per heavy atom. The SMILES string of the molecule is CC(C)(CN)CNI. The Balaban J connectivity index is 3.37. The fraction of sp³-hybridized carbons (Fsp3) is 1.00. The zero-order chi connectivity index (χ0) is 6.62. The predicted octanol–water partition coefficient (Wildman–Crippen LogP) is 0.911. The van der Waals surface area contributed by atoms with Crippen molar-refractivity contribution in [1.29, 1.82) is 0 Å². The summed E-state index contributed by atoms with van der Waals surface area (Å²) in [6.45, 7) is 5.99. The van der Waals surface area contributed by atoms with E-state index in [1.165, 1.54) is 0 Å². The van der Waals surface area contributed by atoms with Crippen molar-refractivity contribution in [2.24, 2.45) is 11.1 Å². The molecular weight excluding hydrogens is 215 g/mol. The van der Waals surface area contributed by atoms with Gasteiger partial charge in [0.05, 0.1) is 0 Å². The van der Waals surface area contributed by atoms with Crippen molar-refractivity contribution in [2.75, 3.05) is 13.1 Å². The van der Waals surface area contributed by atoms with Crippen LogP contribution in [0, 0.1) is 5.41 Å². The van der Waals surface area contributed by atoms with E-state index in [9.17, 15) is 0 Å². The van der Waals surface area contributed by atoms with Gasteiger partial charge in [0.25, 0.3) is 0 Å². The van der Waals surface area contributed by atoms with E-state index in [-0.39, 0.29) is 5.41 Å². The molecule has 0 aromatic rings. The van der Waals surface area contributed by atoms with Crippen molar-refractivity contribution >= 4 is 22.9 Å². The molecule has 8 heavy (non-hydrogen) atoms. The van der Waals surface area contributed by atoms with Crippen molar-refractivity contribution in [1.82, 2.24) is 3.53 Å². The predicted molar refractivity (Wildman–Crippen MR) is 44.9 cm³/mol. The van der Waals surface area contributed by atoms with Gasteiger partial charge in [-0.25, -0.2) is 0 Å². The standard InChI is InChI=1S/C5H13IN2/c1-5(2,3-7)4-8-6/h8H,3-4,7H2,1-2H3. The summed E-state index contributed by atoms with van der Waals surface area (Å²) in [5.41, 5.74) is 5.70. The molecule has 0 aliphatic rings. The molecule has 0 amide bonds. The first kappa shape index (κ1) is 8.65. The first-order valence-corrected chi connectivity index (χ1v) is 3.74. The number of nitrogens with one attached hydrogen (secondary N) is 1. The Labute approximate surface area is 64.7 Å². The molecule has 0 fully saturated rings. The summed E-state index contributed by atoms with van der Waals surface area (Å²) >= 11 is 2.13. The molecule has 0 bridgehead atoms. The van der Waals surface area contributed by atoms with Gasteiger partial charge < -0.3 is 5.73 Å². The Hall–Kier alpha value is 0.650. The molecule has 0 atom stereocenters. The molecule has 3 heteroatoms. The maximum atomic E-state index is 5.45. The first-order chi connectivity index (χ1) is 3.62. The van der Waals surface area contributed by atoms with Crippen LogP contribution in [0.25, 0.3) is 0 Å². The molecule has 0 aliphatic heterocycles. The molecule has 2 nitrogen and oxygen atoms in total. The van der Waals surface area contributed by atoms with Gasteiger partial charge in [0.2, 0.25) is 0 Å². The van der Waals surface area contributed by atoms with Crippen LogP contribution in [0.3, 0.4) is 0 Å². The lowest BCUT2D eigenvalue weighted by Gasteiger charge is -2.20. The van der Waals surface area contributed by atoms with Gasteiger partial charge in [-0.2, -0.15) is 0 Å². The van der Waals surface area contributed by atoms with Gasteiger partial charge in [0, 0.05) is 29.4 Å². The summed E-state index contributed by atoms with van der Waals surface area (Å²) in [5, 5.41) is 0. The molecule has 0 spiro atoms. The van der Waals surface area contributed by atoms with Crippen LogP contribution in [-0.4, -0.2) is 13.1 Å². The van der Waals surface area contributed by atoms with Gasteiger partial charge >= 0.3 is 0 Å². The lowest BCUT2D eigenvalue weighted by Crippen LogP contribution is -2.31. The Morgan fingerprint density at radius 3 is 2.25 bits per heavy atom. The summed E-state index contributed by atoms with van der Waals surface area (Å²) in [5.74, 6) is 0. The molecule has 0 aromatic heterocycles. The minimum absolute atomic E-state index is 0.251. The second-order valence-electron chi connectivity index (χ2n) is 2.68. The maximum absolute atomic E-state index is 5.45. The lowest BCUT2D eigenvalue weighted by molar-refractivity contribution is 0.386. The fourth-order valence-corrected chi connectivity index (χ4v) is 1.29. The molecule has 0 heterocycles. The minimum atomic E-state index is 0.251. The van der Waals surface area contributed by atoms with Crippen molar-refractivity contribution in [2.45, 2.75) is 13.8 Å². The summed E-state index contributed by atoms with van der Waals surface area (Å²) in [7, 11) is 0. The van der Waals surface area contributed by atoms with E-state index in [1.807, 2.05) is 0 Å². The number of rotatable bonds is 3. The van der Waals surface area contributed by atoms with Crippen LogP contribution < -0.4 is 9.26 Å². The van der Waals surface area contributed by atoms with Gasteiger partial charge in [-0.1, -0.05) is 13.8 Å². The number of nitrogens with two attached hydrogens (primary N) is 1. The van der Waals surface area contributed by atoms with E-state index in [0.29, 0.717) is 0 Å². The van der Waals surface area contributed by atoms with Crippen LogP contribution in [0.1, 0.15) is 13.8 Å². The molecule has 0 saturated heterocycles.